The van der Waals surface area contributed by atoms with E-state index in [4.69, 9.17) is 16.3 Å². The molecule has 0 aliphatic rings. The van der Waals surface area contributed by atoms with Gasteiger partial charge in [-0.1, -0.05) is 11.6 Å². The molecule has 0 unspecified atom stereocenters. The number of fused-ring (bicyclic) bond motifs is 1. The molecule has 0 saturated carbocycles. The van der Waals surface area contributed by atoms with Crippen LogP contribution in [0.1, 0.15) is 0 Å². The van der Waals surface area contributed by atoms with Gasteiger partial charge in [0.15, 0.2) is 0 Å². The van der Waals surface area contributed by atoms with Gasteiger partial charge in [-0.2, -0.15) is 0 Å². The Bertz CT molecular complexity index is 691. The Morgan fingerprint density at radius 1 is 1.17 bits per heavy atom. The normalized spacial score (nSPS) is 10.8. The van der Waals surface area contributed by atoms with Crippen molar-refractivity contribution >= 4 is 33.0 Å². The Balaban J connectivity index is 2.12. The Morgan fingerprint density at radius 2 is 1.94 bits per heavy atom. The molecule has 0 bridgehead atoms. The second kappa shape index (κ2) is 4.59. The largest absolute Gasteiger partial charge is 0.497 e. The van der Waals surface area contributed by atoms with Crippen molar-refractivity contribution in [3.63, 3.8) is 0 Å². The summed E-state index contributed by atoms with van der Waals surface area (Å²) in [4.78, 5) is 4.43. The summed E-state index contributed by atoms with van der Waals surface area (Å²) in [6.45, 7) is 0. The number of benzene rings is 1. The maximum absolute atomic E-state index is 6.19. The minimum Gasteiger partial charge on any atom is -0.497 e. The van der Waals surface area contributed by atoms with E-state index in [0.29, 0.717) is 5.15 Å². The van der Waals surface area contributed by atoms with Crippen molar-refractivity contribution in [3.05, 3.63) is 46.9 Å². The van der Waals surface area contributed by atoms with Crippen LogP contribution in [0.3, 0.4) is 0 Å². The number of pyridine rings is 1. The van der Waals surface area contributed by atoms with Gasteiger partial charge in [-0.05, 0) is 47.2 Å². The van der Waals surface area contributed by atoms with Crippen LogP contribution in [0.15, 0.2) is 41.8 Å². The molecule has 0 amide bonds. The van der Waals surface area contributed by atoms with E-state index in [1.165, 1.54) is 0 Å². The highest BCUT2D eigenvalue weighted by atomic mass is 35.5. The first-order valence-corrected chi connectivity index (χ1v) is 6.72. The van der Waals surface area contributed by atoms with Gasteiger partial charge in [0.05, 0.1) is 17.5 Å². The Hall–Kier alpha value is -1.58. The van der Waals surface area contributed by atoms with E-state index >= 15 is 0 Å². The lowest BCUT2D eigenvalue weighted by Crippen LogP contribution is -1.86. The summed E-state index contributed by atoms with van der Waals surface area (Å²) >= 11 is 7.80. The van der Waals surface area contributed by atoms with Crippen molar-refractivity contribution in [3.8, 4) is 17.0 Å². The molecule has 0 radical (unpaired) electrons. The fraction of sp³-hybridized carbons (Fsp3) is 0.0714. The predicted molar refractivity (Wildman–Crippen MR) is 76.6 cm³/mol. The van der Waals surface area contributed by atoms with Crippen LogP contribution in [0.4, 0.5) is 0 Å². The van der Waals surface area contributed by atoms with E-state index < -0.39 is 0 Å². The SMILES string of the molecule is COc1ccc(-c2cc3ccsc3c(Cl)n2)cc1. The minimum atomic E-state index is 0.563. The van der Waals surface area contributed by atoms with E-state index in [1.54, 1.807) is 18.4 Å². The zero-order chi connectivity index (χ0) is 12.5. The lowest BCUT2D eigenvalue weighted by molar-refractivity contribution is 0.415. The monoisotopic (exact) mass is 275 g/mol. The average Bonchev–Trinajstić information content (AvgIpc) is 2.88. The molecular weight excluding hydrogens is 266 g/mol. The third-order valence-electron chi connectivity index (χ3n) is 2.78. The van der Waals surface area contributed by atoms with Crippen LogP contribution < -0.4 is 4.74 Å². The second-order valence-corrected chi connectivity index (χ2v) is 5.14. The number of hydrogen-bond acceptors (Lipinski definition) is 3. The van der Waals surface area contributed by atoms with Crippen LogP contribution in [-0.2, 0) is 0 Å². The third kappa shape index (κ3) is 1.96. The number of methoxy groups -OCH3 is 1. The smallest absolute Gasteiger partial charge is 0.147 e. The van der Waals surface area contributed by atoms with Gasteiger partial charge < -0.3 is 4.74 Å². The Kier molecular flexibility index (Phi) is 2.94. The van der Waals surface area contributed by atoms with Crippen LogP contribution in [0.25, 0.3) is 21.3 Å². The fourth-order valence-electron chi connectivity index (χ4n) is 1.85. The molecule has 0 atom stereocenters. The molecule has 0 aliphatic carbocycles. The first-order valence-electron chi connectivity index (χ1n) is 5.46. The molecule has 2 nitrogen and oxygen atoms in total. The molecule has 18 heavy (non-hydrogen) atoms. The molecule has 0 N–H and O–H groups in total. The van der Waals surface area contributed by atoms with E-state index in [1.807, 2.05) is 29.6 Å². The summed E-state index contributed by atoms with van der Waals surface area (Å²) in [5.74, 6) is 0.835. The molecule has 4 heteroatoms. The molecule has 2 aromatic heterocycles. The van der Waals surface area contributed by atoms with Crippen molar-refractivity contribution < 1.29 is 4.74 Å². The van der Waals surface area contributed by atoms with Gasteiger partial charge in [0.2, 0.25) is 0 Å². The number of thiophene rings is 1. The number of aromatic nitrogens is 1. The van der Waals surface area contributed by atoms with Gasteiger partial charge in [0.1, 0.15) is 10.9 Å². The first kappa shape index (κ1) is 11.5. The quantitative estimate of drug-likeness (QED) is 0.637. The van der Waals surface area contributed by atoms with Crippen LogP contribution >= 0.6 is 22.9 Å². The van der Waals surface area contributed by atoms with Crippen LogP contribution in [0, 0.1) is 0 Å². The maximum atomic E-state index is 6.19. The maximum Gasteiger partial charge on any atom is 0.147 e. The molecule has 3 rings (SSSR count). The summed E-state index contributed by atoms with van der Waals surface area (Å²) in [5, 5.41) is 3.72. The third-order valence-corrected chi connectivity index (χ3v) is 4.10. The number of rotatable bonds is 2. The van der Waals surface area contributed by atoms with Crippen molar-refractivity contribution in [1.29, 1.82) is 0 Å². The van der Waals surface area contributed by atoms with Crippen molar-refractivity contribution in [2.24, 2.45) is 0 Å². The van der Waals surface area contributed by atoms with Gasteiger partial charge in [0, 0.05) is 5.56 Å². The lowest BCUT2D eigenvalue weighted by atomic mass is 10.1. The molecule has 3 aromatic rings. The zero-order valence-electron chi connectivity index (χ0n) is 9.68. The molecule has 0 aliphatic heterocycles. The standard InChI is InChI=1S/C14H10ClNOS/c1-17-11-4-2-9(3-5-11)12-8-10-6-7-18-13(10)14(15)16-12/h2-8H,1H3. The van der Waals surface area contributed by atoms with E-state index in [2.05, 4.69) is 17.1 Å². The fourth-order valence-corrected chi connectivity index (χ4v) is 2.94. The molecule has 0 spiro atoms. The Labute approximate surface area is 114 Å². The van der Waals surface area contributed by atoms with Crippen molar-refractivity contribution in [2.75, 3.05) is 7.11 Å². The van der Waals surface area contributed by atoms with Gasteiger partial charge >= 0.3 is 0 Å². The molecule has 90 valence electrons. The van der Waals surface area contributed by atoms with Crippen LogP contribution in [-0.4, -0.2) is 12.1 Å². The highest BCUT2D eigenvalue weighted by Gasteiger charge is 2.07. The van der Waals surface area contributed by atoms with E-state index in [-0.39, 0.29) is 0 Å². The van der Waals surface area contributed by atoms with Gasteiger partial charge in [0.25, 0.3) is 0 Å². The van der Waals surface area contributed by atoms with Gasteiger partial charge in [-0.15, -0.1) is 11.3 Å². The van der Waals surface area contributed by atoms with Crippen LogP contribution in [0.2, 0.25) is 5.15 Å². The highest BCUT2D eigenvalue weighted by molar-refractivity contribution is 7.17. The average molecular weight is 276 g/mol. The minimum absolute atomic E-state index is 0.563. The molecule has 2 heterocycles. The summed E-state index contributed by atoms with van der Waals surface area (Å²) in [6, 6.07) is 11.9. The number of nitrogens with zero attached hydrogens (tertiary/aromatic N) is 1. The highest BCUT2D eigenvalue weighted by Crippen LogP contribution is 2.31. The van der Waals surface area contributed by atoms with E-state index in [9.17, 15) is 0 Å². The van der Waals surface area contributed by atoms with Gasteiger partial charge in [-0.3, -0.25) is 0 Å². The van der Waals surface area contributed by atoms with E-state index in [0.717, 1.165) is 27.1 Å². The lowest BCUT2D eigenvalue weighted by Gasteiger charge is -2.04. The number of hydrogen-bond donors (Lipinski definition) is 0. The molecule has 1 aromatic carbocycles. The predicted octanol–water partition coefficient (Wildman–Crippen LogP) is 4.63. The number of ether oxygens (including phenoxy) is 1. The number of halogens is 1. The summed E-state index contributed by atoms with van der Waals surface area (Å²) in [5.41, 5.74) is 1.92. The second-order valence-electron chi connectivity index (χ2n) is 3.87. The summed E-state index contributed by atoms with van der Waals surface area (Å²) < 4.78 is 6.18. The Morgan fingerprint density at radius 3 is 2.67 bits per heavy atom. The summed E-state index contributed by atoms with van der Waals surface area (Å²) in [7, 11) is 1.65. The molecule has 0 fully saturated rings. The first-order chi connectivity index (χ1) is 8.78. The van der Waals surface area contributed by atoms with Crippen LogP contribution in [0.5, 0.6) is 5.75 Å². The topological polar surface area (TPSA) is 22.1 Å². The van der Waals surface area contributed by atoms with Crippen molar-refractivity contribution in [1.82, 2.24) is 4.98 Å². The molecule has 0 saturated heterocycles. The molecular formula is C14H10ClNOS. The zero-order valence-corrected chi connectivity index (χ0v) is 11.3. The van der Waals surface area contributed by atoms with Gasteiger partial charge in [-0.25, -0.2) is 4.98 Å². The summed E-state index contributed by atoms with van der Waals surface area (Å²) in [6.07, 6.45) is 0. The van der Waals surface area contributed by atoms with Crippen molar-refractivity contribution in [2.45, 2.75) is 0 Å².